The van der Waals surface area contributed by atoms with E-state index in [1.165, 1.54) is 0 Å². The van der Waals surface area contributed by atoms with Crippen LogP contribution in [-0.2, 0) is 4.79 Å². The number of carbonyl (C=O) groups excluding carboxylic acids is 1. The molecule has 0 atom stereocenters. The Hall–Kier alpha value is -2.04. The van der Waals surface area contributed by atoms with Gasteiger partial charge in [-0.05, 0) is 49.7 Å². The predicted octanol–water partition coefficient (Wildman–Crippen LogP) is 3.88. The Balaban J connectivity index is 1.95. The summed E-state index contributed by atoms with van der Waals surface area (Å²) in [5.74, 6) is -0.661. The normalized spacial score (nSPS) is 21.0. The summed E-state index contributed by atoms with van der Waals surface area (Å²) < 4.78 is 0. The third-order valence-electron chi connectivity index (χ3n) is 4.58. The lowest BCUT2D eigenvalue weighted by molar-refractivity contribution is -0.142. The number of carboxylic acid groups (broad SMARTS) is 1. The number of carboxylic acids is 1. The molecule has 0 radical (unpaired) electrons. The topological polar surface area (TPSA) is 78.4 Å². The molecule has 23 heavy (non-hydrogen) atoms. The van der Waals surface area contributed by atoms with Crippen molar-refractivity contribution in [2.75, 3.05) is 5.32 Å². The number of benzene rings is 1. The van der Waals surface area contributed by atoms with Gasteiger partial charge in [-0.1, -0.05) is 32.0 Å². The molecule has 0 spiro atoms. The lowest BCUT2D eigenvalue weighted by Gasteiger charge is -2.27. The number of hydrogen-bond donors (Lipinski definition) is 3. The zero-order valence-electron chi connectivity index (χ0n) is 14.1. The minimum atomic E-state index is -0.727. The van der Waals surface area contributed by atoms with Crippen LogP contribution < -0.4 is 10.6 Å². The van der Waals surface area contributed by atoms with Crippen molar-refractivity contribution >= 4 is 17.7 Å². The number of anilines is 1. The van der Waals surface area contributed by atoms with Crippen molar-refractivity contribution in [1.82, 2.24) is 5.32 Å². The second-order valence-corrected chi connectivity index (χ2v) is 6.68. The first kappa shape index (κ1) is 17.3. The number of carbonyl (C=O) groups is 2. The van der Waals surface area contributed by atoms with E-state index < -0.39 is 5.97 Å². The summed E-state index contributed by atoms with van der Waals surface area (Å²) in [5, 5.41) is 15.0. The van der Waals surface area contributed by atoms with Gasteiger partial charge in [-0.15, -0.1) is 0 Å². The molecular formula is C18H26N2O3. The van der Waals surface area contributed by atoms with Crippen LogP contribution in [0.25, 0.3) is 0 Å². The standard InChI is InChI=1S/C18H26N2O3/c1-11(2)15-6-4-5-12(3)16(15)20-18(23)19-14-9-7-13(8-10-14)17(21)22/h4-6,11,13-14H,7-10H2,1-3H3,(H,21,22)(H2,19,20,23). The van der Waals surface area contributed by atoms with Gasteiger partial charge in [0.15, 0.2) is 0 Å². The van der Waals surface area contributed by atoms with Crippen LogP contribution in [0.5, 0.6) is 0 Å². The summed E-state index contributed by atoms with van der Waals surface area (Å²) in [4.78, 5) is 23.2. The van der Waals surface area contributed by atoms with Crippen molar-refractivity contribution in [3.8, 4) is 0 Å². The molecule has 2 rings (SSSR count). The van der Waals surface area contributed by atoms with E-state index in [-0.39, 0.29) is 18.0 Å². The molecule has 0 heterocycles. The molecule has 5 nitrogen and oxygen atoms in total. The number of aliphatic carboxylic acids is 1. The second-order valence-electron chi connectivity index (χ2n) is 6.68. The fourth-order valence-electron chi connectivity index (χ4n) is 3.16. The first-order chi connectivity index (χ1) is 10.9. The molecule has 0 bridgehead atoms. The largest absolute Gasteiger partial charge is 0.481 e. The van der Waals surface area contributed by atoms with Crippen LogP contribution in [0.3, 0.4) is 0 Å². The summed E-state index contributed by atoms with van der Waals surface area (Å²) in [6.45, 7) is 6.19. The summed E-state index contributed by atoms with van der Waals surface area (Å²) in [6.07, 6.45) is 2.69. The van der Waals surface area contributed by atoms with Gasteiger partial charge in [0.05, 0.1) is 5.92 Å². The summed E-state index contributed by atoms with van der Waals surface area (Å²) in [6, 6.07) is 5.86. The van der Waals surface area contributed by atoms with E-state index in [1.54, 1.807) is 0 Å². The summed E-state index contributed by atoms with van der Waals surface area (Å²) >= 11 is 0. The van der Waals surface area contributed by atoms with E-state index >= 15 is 0 Å². The maximum atomic E-state index is 12.3. The van der Waals surface area contributed by atoms with E-state index in [4.69, 9.17) is 5.11 Å². The number of hydrogen-bond acceptors (Lipinski definition) is 2. The van der Waals surface area contributed by atoms with Gasteiger partial charge in [0.2, 0.25) is 0 Å². The molecule has 3 N–H and O–H groups in total. The Labute approximate surface area is 137 Å². The number of aryl methyl sites for hydroxylation is 1. The quantitative estimate of drug-likeness (QED) is 0.788. The molecule has 126 valence electrons. The number of nitrogens with one attached hydrogen (secondary N) is 2. The lowest BCUT2D eigenvalue weighted by Crippen LogP contribution is -2.41. The molecule has 0 aromatic heterocycles. The van der Waals surface area contributed by atoms with E-state index in [2.05, 4.69) is 24.5 Å². The van der Waals surface area contributed by atoms with Crippen molar-refractivity contribution in [1.29, 1.82) is 0 Å². The van der Waals surface area contributed by atoms with Gasteiger partial charge in [-0.3, -0.25) is 4.79 Å². The molecular weight excluding hydrogens is 292 g/mol. The van der Waals surface area contributed by atoms with Crippen molar-refractivity contribution in [3.05, 3.63) is 29.3 Å². The third-order valence-corrected chi connectivity index (χ3v) is 4.58. The van der Waals surface area contributed by atoms with Gasteiger partial charge in [-0.25, -0.2) is 4.79 Å². The highest BCUT2D eigenvalue weighted by molar-refractivity contribution is 5.91. The molecule has 2 amide bonds. The lowest BCUT2D eigenvalue weighted by atomic mass is 9.86. The second kappa shape index (κ2) is 7.49. The molecule has 1 saturated carbocycles. The van der Waals surface area contributed by atoms with Crippen molar-refractivity contribution in [2.24, 2.45) is 5.92 Å². The van der Waals surface area contributed by atoms with Crippen LogP contribution in [-0.4, -0.2) is 23.1 Å². The molecule has 5 heteroatoms. The monoisotopic (exact) mass is 318 g/mol. The molecule has 0 unspecified atom stereocenters. The Bertz CT molecular complexity index is 576. The molecule has 1 aliphatic rings. The van der Waals surface area contributed by atoms with E-state index in [0.717, 1.165) is 29.7 Å². The highest BCUT2D eigenvalue weighted by Gasteiger charge is 2.26. The van der Waals surface area contributed by atoms with E-state index in [0.29, 0.717) is 18.8 Å². The average molecular weight is 318 g/mol. The Morgan fingerprint density at radius 1 is 1.17 bits per heavy atom. The van der Waals surface area contributed by atoms with Gasteiger partial charge in [0, 0.05) is 11.7 Å². The van der Waals surface area contributed by atoms with Crippen LogP contribution in [0.4, 0.5) is 10.5 Å². The zero-order chi connectivity index (χ0) is 17.0. The van der Waals surface area contributed by atoms with Gasteiger partial charge in [0.1, 0.15) is 0 Å². The van der Waals surface area contributed by atoms with Gasteiger partial charge in [0.25, 0.3) is 0 Å². The minimum absolute atomic E-state index is 0.0529. The van der Waals surface area contributed by atoms with Crippen LogP contribution in [0.2, 0.25) is 0 Å². The fraction of sp³-hybridized carbons (Fsp3) is 0.556. The van der Waals surface area contributed by atoms with Crippen LogP contribution in [0, 0.1) is 12.8 Å². The van der Waals surface area contributed by atoms with Gasteiger partial charge >= 0.3 is 12.0 Å². The number of para-hydroxylation sites is 1. The summed E-state index contributed by atoms with van der Waals surface area (Å²) in [5.41, 5.74) is 3.04. The smallest absolute Gasteiger partial charge is 0.319 e. The van der Waals surface area contributed by atoms with E-state index in [1.807, 2.05) is 25.1 Å². The maximum Gasteiger partial charge on any atom is 0.319 e. The Kier molecular flexibility index (Phi) is 5.64. The highest BCUT2D eigenvalue weighted by atomic mass is 16.4. The van der Waals surface area contributed by atoms with Crippen molar-refractivity contribution < 1.29 is 14.7 Å². The number of amides is 2. The Morgan fingerprint density at radius 2 is 1.83 bits per heavy atom. The molecule has 1 aromatic carbocycles. The van der Waals surface area contributed by atoms with Crippen molar-refractivity contribution in [3.63, 3.8) is 0 Å². The van der Waals surface area contributed by atoms with Crippen LogP contribution in [0.1, 0.15) is 56.6 Å². The predicted molar refractivity (Wildman–Crippen MR) is 90.8 cm³/mol. The number of urea groups is 1. The molecule has 0 aliphatic heterocycles. The van der Waals surface area contributed by atoms with Gasteiger partial charge in [-0.2, -0.15) is 0 Å². The highest BCUT2D eigenvalue weighted by Crippen LogP contribution is 2.28. The summed E-state index contributed by atoms with van der Waals surface area (Å²) in [7, 11) is 0. The van der Waals surface area contributed by atoms with Gasteiger partial charge < -0.3 is 15.7 Å². The molecule has 0 saturated heterocycles. The fourth-order valence-corrected chi connectivity index (χ4v) is 3.16. The first-order valence-corrected chi connectivity index (χ1v) is 8.28. The first-order valence-electron chi connectivity index (χ1n) is 8.28. The zero-order valence-corrected chi connectivity index (χ0v) is 14.1. The number of rotatable bonds is 4. The SMILES string of the molecule is Cc1cccc(C(C)C)c1NC(=O)NC1CCC(C(=O)O)CC1. The van der Waals surface area contributed by atoms with E-state index in [9.17, 15) is 9.59 Å². The van der Waals surface area contributed by atoms with Crippen LogP contribution in [0.15, 0.2) is 18.2 Å². The van der Waals surface area contributed by atoms with Crippen LogP contribution >= 0.6 is 0 Å². The third kappa shape index (κ3) is 4.47. The maximum absolute atomic E-state index is 12.3. The van der Waals surface area contributed by atoms with Crippen molar-refractivity contribution in [2.45, 2.75) is 58.4 Å². The molecule has 1 fully saturated rings. The molecule has 1 aliphatic carbocycles. The average Bonchev–Trinajstić information content (AvgIpc) is 2.49. The minimum Gasteiger partial charge on any atom is -0.481 e. The Morgan fingerprint density at radius 3 is 2.39 bits per heavy atom. The molecule has 1 aromatic rings.